The van der Waals surface area contributed by atoms with Gasteiger partial charge in [0.2, 0.25) is 5.91 Å². The van der Waals surface area contributed by atoms with Gasteiger partial charge in [-0.05, 0) is 63.8 Å². The summed E-state index contributed by atoms with van der Waals surface area (Å²) in [4.78, 5) is 12.5. The number of hydrogen-bond donors (Lipinski definition) is 2. The van der Waals surface area contributed by atoms with Crippen LogP contribution in [-0.2, 0) is 4.79 Å². The van der Waals surface area contributed by atoms with E-state index in [4.69, 9.17) is 5.73 Å². The first kappa shape index (κ1) is 23.5. The van der Waals surface area contributed by atoms with Crippen LogP contribution in [0, 0.1) is 19.8 Å². The molecular weight excluding hydrogens is 383 g/mol. The fourth-order valence-corrected chi connectivity index (χ4v) is 3.67. The molecule has 1 heterocycles. The van der Waals surface area contributed by atoms with Gasteiger partial charge in [-0.2, -0.15) is 5.10 Å². The van der Waals surface area contributed by atoms with Crippen molar-refractivity contribution in [2.75, 3.05) is 0 Å². The molecule has 1 aliphatic carbocycles. The number of nitrogens with zero attached hydrogens (tertiary/aromatic N) is 2. The average Bonchev–Trinajstić information content (AvgIpc) is 2.93. The summed E-state index contributed by atoms with van der Waals surface area (Å²) in [6.07, 6.45) is 3.83. The summed E-state index contributed by atoms with van der Waals surface area (Å²) in [6, 6.07) is 10.4. The number of halogens is 2. The van der Waals surface area contributed by atoms with Crippen LogP contribution in [0.2, 0.25) is 0 Å². The Hall–Kier alpha value is -1.56. The molecule has 3 atom stereocenters. The first-order valence-electron chi connectivity index (χ1n) is 9.13. The molecule has 1 amide bonds. The molecule has 150 valence electrons. The molecule has 1 fully saturated rings. The molecule has 1 aromatic heterocycles. The number of nitrogens with one attached hydrogen (secondary N) is 1. The van der Waals surface area contributed by atoms with Crippen LogP contribution in [0.25, 0.3) is 5.69 Å². The third kappa shape index (κ3) is 5.71. The maximum absolute atomic E-state index is 12.5. The van der Waals surface area contributed by atoms with Crippen molar-refractivity contribution in [2.24, 2.45) is 11.7 Å². The van der Waals surface area contributed by atoms with Crippen molar-refractivity contribution in [1.82, 2.24) is 15.1 Å². The molecule has 5 nitrogen and oxygen atoms in total. The molecule has 0 bridgehead atoms. The Morgan fingerprint density at radius 3 is 2.44 bits per heavy atom. The third-order valence-electron chi connectivity index (χ3n) is 5.09. The molecule has 0 radical (unpaired) electrons. The van der Waals surface area contributed by atoms with Gasteiger partial charge in [-0.1, -0.05) is 18.6 Å². The van der Waals surface area contributed by atoms with Crippen molar-refractivity contribution in [3.63, 3.8) is 0 Å². The second-order valence-corrected chi connectivity index (χ2v) is 7.28. The van der Waals surface area contributed by atoms with E-state index in [9.17, 15) is 4.79 Å². The van der Waals surface area contributed by atoms with Crippen molar-refractivity contribution in [2.45, 2.75) is 58.5 Å². The van der Waals surface area contributed by atoms with Gasteiger partial charge in [0.15, 0.2) is 0 Å². The highest BCUT2D eigenvalue weighted by Crippen LogP contribution is 2.24. The molecule has 3 unspecified atom stereocenters. The largest absolute Gasteiger partial charge is 0.349 e. The van der Waals surface area contributed by atoms with Gasteiger partial charge in [-0.15, -0.1) is 24.8 Å². The predicted octanol–water partition coefficient (Wildman–Crippen LogP) is 4.03. The van der Waals surface area contributed by atoms with Gasteiger partial charge in [-0.3, -0.25) is 4.79 Å². The number of hydrogen-bond acceptors (Lipinski definition) is 3. The number of aryl methyl sites for hydroxylation is 2. The Morgan fingerprint density at radius 2 is 1.89 bits per heavy atom. The van der Waals surface area contributed by atoms with Crippen molar-refractivity contribution in [1.29, 1.82) is 0 Å². The van der Waals surface area contributed by atoms with Crippen LogP contribution in [0.1, 0.15) is 55.6 Å². The number of carbonyl (C=O) groups excluding carboxylic acids is 1. The molecular formula is C20H30Cl2N4O. The zero-order valence-corrected chi connectivity index (χ0v) is 17.8. The summed E-state index contributed by atoms with van der Waals surface area (Å²) in [7, 11) is 0. The van der Waals surface area contributed by atoms with E-state index in [-0.39, 0.29) is 48.7 Å². The lowest BCUT2D eigenvalue weighted by Crippen LogP contribution is -2.38. The Bertz CT molecular complexity index is 745. The minimum absolute atomic E-state index is 0. The number of carbonyl (C=O) groups is 1. The maximum Gasteiger partial charge on any atom is 0.223 e. The summed E-state index contributed by atoms with van der Waals surface area (Å²) in [6.45, 7) is 6.07. The Kier molecular flexibility index (Phi) is 8.79. The van der Waals surface area contributed by atoms with Crippen molar-refractivity contribution in [3.8, 4) is 5.69 Å². The van der Waals surface area contributed by atoms with E-state index >= 15 is 0 Å². The van der Waals surface area contributed by atoms with Crippen LogP contribution in [0.15, 0.2) is 30.3 Å². The van der Waals surface area contributed by atoms with Crippen LogP contribution >= 0.6 is 24.8 Å². The summed E-state index contributed by atoms with van der Waals surface area (Å²) in [5, 5.41) is 7.65. The molecule has 27 heavy (non-hydrogen) atoms. The van der Waals surface area contributed by atoms with Crippen LogP contribution in [0.4, 0.5) is 0 Å². The van der Waals surface area contributed by atoms with Crippen molar-refractivity contribution < 1.29 is 4.79 Å². The Morgan fingerprint density at radius 1 is 1.22 bits per heavy atom. The van der Waals surface area contributed by atoms with E-state index in [0.717, 1.165) is 48.3 Å². The fraction of sp³-hybridized carbons (Fsp3) is 0.500. The highest BCUT2D eigenvalue weighted by molar-refractivity contribution is 5.85. The number of amides is 1. The first-order valence-corrected chi connectivity index (χ1v) is 9.13. The molecule has 3 rings (SSSR count). The smallest absolute Gasteiger partial charge is 0.223 e. The van der Waals surface area contributed by atoms with Gasteiger partial charge < -0.3 is 11.1 Å². The van der Waals surface area contributed by atoms with Gasteiger partial charge in [0, 0.05) is 17.7 Å². The molecule has 0 spiro atoms. The quantitative estimate of drug-likeness (QED) is 0.795. The van der Waals surface area contributed by atoms with Crippen LogP contribution in [0.5, 0.6) is 0 Å². The molecule has 1 aromatic carbocycles. The van der Waals surface area contributed by atoms with Gasteiger partial charge in [0.1, 0.15) is 0 Å². The minimum atomic E-state index is -0.0137. The Balaban J connectivity index is 0.00000182. The van der Waals surface area contributed by atoms with Crippen molar-refractivity contribution >= 4 is 30.7 Å². The average molecular weight is 413 g/mol. The zero-order chi connectivity index (χ0) is 18.0. The van der Waals surface area contributed by atoms with Gasteiger partial charge >= 0.3 is 0 Å². The van der Waals surface area contributed by atoms with E-state index < -0.39 is 0 Å². The molecule has 0 saturated heterocycles. The SMILES string of the molecule is Cc1cc(C)n(-c2ccc(C(C)NC(=O)C3CCCC(N)C3)cc2)n1.Cl.Cl. The lowest BCUT2D eigenvalue weighted by molar-refractivity contribution is -0.126. The zero-order valence-electron chi connectivity index (χ0n) is 16.1. The summed E-state index contributed by atoms with van der Waals surface area (Å²) in [5.41, 5.74) is 10.3. The summed E-state index contributed by atoms with van der Waals surface area (Å²) in [5.74, 6) is 0.186. The Labute approximate surface area is 173 Å². The van der Waals surface area contributed by atoms with E-state index in [1.54, 1.807) is 0 Å². The topological polar surface area (TPSA) is 72.9 Å². The third-order valence-corrected chi connectivity index (χ3v) is 5.09. The number of rotatable bonds is 4. The highest BCUT2D eigenvalue weighted by atomic mass is 35.5. The highest BCUT2D eigenvalue weighted by Gasteiger charge is 2.26. The number of nitrogens with two attached hydrogens (primary N) is 1. The number of aromatic nitrogens is 2. The van der Waals surface area contributed by atoms with E-state index in [1.807, 2.05) is 37.6 Å². The standard InChI is InChI=1S/C20H28N4O.2ClH/c1-13-11-14(2)24(23-13)19-9-7-16(8-10-19)15(3)22-20(25)17-5-4-6-18(21)12-17;;/h7-11,15,17-18H,4-6,12,21H2,1-3H3,(H,22,25);2*1H. The van der Waals surface area contributed by atoms with Crippen molar-refractivity contribution in [3.05, 3.63) is 47.3 Å². The molecule has 3 N–H and O–H groups in total. The lowest BCUT2D eigenvalue weighted by Gasteiger charge is -2.27. The lowest BCUT2D eigenvalue weighted by atomic mass is 9.85. The molecule has 7 heteroatoms. The second kappa shape index (κ2) is 10.1. The molecule has 0 aliphatic heterocycles. The maximum atomic E-state index is 12.5. The van der Waals surface area contributed by atoms with Gasteiger partial charge in [-0.25, -0.2) is 4.68 Å². The second-order valence-electron chi connectivity index (χ2n) is 7.28. The first-order chi connectivity index (χ1) is 11.9. The van der Waals surface area contributed by atoms with Gasteiger partial charge in [0.25, 0.3) is 0 Å². The van der Waals surface area contributed by atoms with Crippen LogP contribution < -0.4 is 11.1 Å². The van der Waals surface area contributed by atoms with Crippen LogP contribution in [0.3, 0.4) is 0 Å². The number of benzene rings is 1. The predicted molar refractivity (Wildman–Crippen MR) is 114 cm³/mol. The molecule has 1 saturated carbocycles. The minimum Gasteiger partial charge on any atom is -0.349 e. The van der Waals surface area contributed by atoms with E-state index in [1.165, 1.54) is 0 Å². The monoisotopic (exact) mass is 412 g/mol. The van der Waals surface area contributed by atoms with E-state index in [2.05, 4.69) is 28.6 Å². The molecule has 2 aromatic rings. The van der Waals surface area contributed by atoms with Crippen LogP contribution in [-0.4, -0.2) is 21.7 Å². The molecule has 1 aliphatic rings. The fourth-order valence-electron chi connectivity index (χ4n) is 3.67. The van der Waals surface area contributed by atoms with E-state index in [0.29, 0.717) is 0 Å². The summed E-state index contributed by atoms with van der Waals surface area (Å²) < 4.78 is 1.94. The normalized spacial score (nSPS) is 20.1. The summed E-state index contributed by atoms with van der Waals surface area (Å²) >= 11 is 0. The van der Waals surface area contributed by atoms with Gasteiger partial charge in [0.05, 0.1) is 17.4 Å².